The smallest absolute Gasteiger partial charge is 0.247 e. The number of carbonyl (C=O) groups is 3. The van der Waals surface area contributed by atoms with Crippen LogP contribution in [-0.2, 0) is 32.3 Å². The van der Waals surface area contributed by atoms with Gasteiger partial charge in [-0.15, -0.1) is 5.10 Å². The van der Waals surface area contributed by atoms with Crippen molar-refractivity contribution in [2.45, 2.75) is 70.1 Å². The Balaban J connectivity index is 1.29. The van der Waals surface area contributed by atoms with E-state index in [1.807, 2.05) is 68.4 Å². The first-order valence-electron chi connectivity index (χ1n) is 14.4. The molecular formula is C30H36N6O5. The standard InChI is InChI=1S/C30H36N6O5/c1-3-18(2)22(16-37)36-26(28(39)32-17-35-21-12-8-7-11-20(21)33-34-35)30-14-13-23(41-30)24(25(30)29(36)40)27(38)31-15-19-9-5-4-6-10-19/h4-12,18,22-26,37H,3,13-17H2,1-2H3,(H,31,38)(H,32,39)/t18-,22-,23+,24-,25-,26?,30?/m0/s1. The summed E-state index contributed by atoms with van der Waals surface area (Å²) in [5.41, 5.74) is 1.28. The Morgan fingerprint density at radius 1 is 1.12 bits per heavy atom. The number of hydrogen-bond donors (Lipinski definition) is 3. The number of para-hydroxylation sites is 1. The van der Waals surface area contributed by atoms with Gasteiger partial charge >= 0.3 is 0 Å². The largest absolute Gasteiger partial charge is 0.394 e. The molecule has 1 aromatic heterocycles. The van der Waals surface area contributed by atoms with Crippen LogP contribution in [0.1, 0.15) is 38.7 Å². The number of nitrogens with one attached hydrogen (secondary N) is 2. The van der Waals surface area contributed by atoms with E-state index in [0.29, 0.717) is 31.3 Å². The van der Waals surface area contributed by atoms with Gasteiger partial charge in [-0.1, -0.05) is 67.9 Å². The predicted molar refractivity (Wildman–Crippen MR) is 149 cm³/mol. The molecule has 41 heavy (non-hydrogen) atoms. The summed E-state index contributed by atoms with van der Waals surface area (Å²) in [5, 5.41) is 24.7. The number of aliphatic hydroxyl groups is 1. The molecule has 4 heterocycles. The van der Waals surface area contributed by atoms with Gasteiger partial charge in [-0.2, -0.15) is 0 Å². The van der Waals surface area contributed by atoms with E-state index in [1.165, 1.54) is 4.90 Å². The Morgan fingerprint density at radius 2 is 1.88 bits per heavy atom. The topological polar surface area (TPSA) is 139 Å². The fourth-order valence-corrected chi connectivity index (χ4v) is 7.05. The number of amides is 3. The molecule has 11 heteroatoms. The highest BCUT2D eigenvalue weighted by molar-refractivity contribution is 5.99. The van der Waals surface area contributed by atoms with E-state index in [4.69, 9.17) is 4.74 Å². The molecule has 3 fully saturated rings. The van der Waals surface area contributed by atoms with E-state index >= 15 is 0 Å². The van der Waals surface area contributed by atoms with Crippen LogP contribution in [0.3, 0.4) is 0 Å². The summed E-state index contributed by atoms with van der Waals surface area (Å²) in [4.78, 5) is 43.4. The number of benzene rings is 2. The van der Waals surface area contributed by atoms with Crippen molar-refractivity contribution in [3.05, 3.63) is 60.2 Å². The molecule has 0 radical (unpaired) electrons. The third-order valence-electron chi connectivity index (χ3n) is 9.27. The van der Waals surface area contributed by atoms with Gasteiger partial charge in [0.2, 0.25) is 17.7 Å². The van der Waals surface area contributed by atoms with Crippen molar-refractivity contribution < 1.29 is 24.2 Å². The van der Waals surface area contributed by atoms with Gasteiger partial charge in [-0.05, 0) is 36.5 Å². The lowest BCUT2D eigenvalue weighted by atomic mass is 9.70. The van der Waals surface area contributed by atoms with E-state index in [1.54, 1.807) is 4.68 Å². The van der Waals surface area contributed by atoms with Crippen LogP contribution in [0.5, 0.6) is 0 Å². The van der Waals surface area contributed by atoms with Crippen LogP contribution in [0.25, 0.3) is 11.0 Å². The lowest BCUT2D eigenvalue weighted by Crippen LogP contribution is -2.59. The molecule has 3 aliphatic rings. The van der Waals surface area contributed by atoms with Crippen LogP contribution in [0.2, 0.25) is 0 Å². The van der Waals surface area contributed by atoms with Gasteiger partial charge in [0, 0.05) is 6.54 Å². The first kappa shape index (κ1) is 27.3. The van der Waals surface area contributed by atoms with Crippen LogP contribution in [0.4, 0.5) is 0 Å². The second kappa shape index (κ2) is 10.9. The van der Waals surface area contributed by atoms with Gasteiger partial charge in [0.25, 0.3) is 0 Å². The molecule has 3 aromatic rings. The molecule has 3 aliphatic heterocycles. The summed E-state index contributed by atoms with van der Waals surface area (Å²) in [7, 11) is 0. The molecule has 3 saturated heterocycles. The Kier molecular flexibility index (Phi) is 7.25. The number of aliphatic hydroxyl groups excluding tert-OH is 1. The van der Waals surface area contributed by atoms with Gasteiger partial charge in [-0.3, -0.25) is 14.4 Å². The minimum atomic E-state index is -1.15. The summed E-state index contributed by atoms with van der Waals surface area (Å²) >= 11 is 0. The van der Waals surface area contributed by atoms with E-state index in [9.17, 15) is 19.5 Å². The first-order valence-corrected chi connectivity index (χ1v) is 14.4. The molecule has 2 bridgehead atoms. The second-order valence-corrected chi connectivity index (χ2v) is 11.4. The summed E-state index contributed by atoms with van der Waals surface area (Å²) in [6.45, 7) is 4.03. The zero-order valence-electron chi connectivity index (χ0n) is 23.3. The monoisotopic (exact) mass is 560 g/mol. The van der Waals surface area contributed by atoms with E-state index in [0.717, 1.165) is 11.1 Å². The van der Waals surface area contributed by atoms with Gasteiger partial charge in [0.15, 0.2) is 0 Å². The second-order valence-electron chi connectivity index (χ2n) is 11.4. The maximum absolute atomic E-state index is 14.3. The lowest BCUT2D eigenvalue weighted by Gasteiger charge is -2.38. The highest BCUT2D eigenvalue weighted by Crippen LogP contribution is 2.59. The van der Waals surface area contributed by atoms with Crippen LogP contribution in [0.15, 0.2) is 54.6 Å². The minimum absolute atomic E-state index is 0.0518. The molecule has 2 unspecified atom stereocenters. The van der Waals surface area contributed by atoms with E-state index in [2.05, 4.69) is 20.9 Å². The Hall–Kier alpha value is -3.83. The van der Waals surface area contributed by atoms with Crippen LogP contribution in [0, 0.1) is 17.8 Å². The predicted octanol–water partition coefficient (Wildman–Crippen LogP) is 1.60. The normalized spacial score (nSPS) is 28.1. The molecule has 0 saturated carbocycles. The first-order chi connectivity index (χ1) is 19.9. The number of rotatable bonds is 10. The highest BCUT2D eigenvalue weighted by atomic mass is 16.5. The molecular weight excluding hydrogens is 524 g/mol. The number of hydrogen-bond acceptors (Lipinski definition) is 7. The van der Waals surface area contributed by atoms with Gasteiger partial charge in [0.05, 0.1) is 36.1 Å². The molecule has 6 rings (SSSR count). The molecule has 3 amide bonds. The third-order valence-corrected chi connectivity index (χ3v) is 9.27. The van der Waals surface area contributed by atoms with Gasteiger partial charge in [-0.25, -0.2) is 4.68 Å². The molecule has 2 aromatic carbocycles. The van der Waals surface area contributed by atoms with Crippen LogP contribution < -0.4 is 10.6 Å². The molecule has 1 spiro atoms. The summed E-state index contributed by atoms with van der Waals surface area (Å²) in [5.74, 6) is -2.55. The summed E-state index contributed by atoms with van der Waals surface area (Å²) < 4.78 is 8.11. The third kappa shape index (κ3) is 4.47. The van der Waals surface area contributed by atoms with E-state index in [-0.39, 0.29) is 31.0 Å². The number of nitrogens with zero attached hydrogens (tertiary/aromatic N) is 4. The zero-order valence-corrected chi connectivity index (χ0v) is 23.3. The van der Waals surface area contributed by atoms with Crippen molar-refractivity contribution in [1.29, 1.82) is 0 Å². The minimum Gasteiger partial charge on any atom is -0.394 e. The van der Waals surface area contributed by atoms with Crippen molar-refractivity contribution in [3.63, 3.8) is 0 Å². The molecule has 7 atom stereocenters. The van der Waals surface area contributed by atoms with Crippen molar-refractivity contribution >= 4 is 28.8 Å². The maximum Gasteiger partial charge on any atom is 0.247 e. The van der Waals surface area contributed by atoms with Crippen molar-refractivity contribution in [3.8, 4) is 0 Å². The fraction of sp³-hybridized carbons (Fsp3) is 0.500. The summed E-state index contributed by atoms with van der Waals surface area (Å²) in [6.07, 6.45) is 1.31. The van der Waals surface area contributed by atoms with E-state index < -0.39 is 41.5 Å². The Labute approximate surface area is 238 Å². The Morgan fingerprint density at radius 3 is 2.63 bits per heavy atom. The number of likely N-dealkylation sites (tertiary alicyclic amines) is 1. The molecule has 216 valence electrons. The number of aromatic nitrogens is 3. The van der Waals surface area contributed by atoms with Crippen molar-refractivity contribution in [2.75, 3.05) is 6.61 Å². The quantitative estimate of drug-likeness (QED) is 0.342. The average molecular weight is 561 g/mol. The maximum atomic E-state index is 14.3. The highest BCUT2D eigenvalue weighted by Gasteiger charge is 2.75. The molecule has 11 nitrogen and oxygen atoms in total. The number of carbonyl (C=O) groups excluding carboxylic acids is 3. The van der Waals surface area contributed by atoms with Crippen LogP contribution >= 0.6 is 0 Å². The van der Waals surface area contributed by atoms with Crippen molar-refractivity contribution in [1.82, 2.24) is 30.5 Å². The Bertz CT molecular complexity index is 1450. The molecule has 3 N–H and O–H groups in total. The van der Waals surface area contributed by atoms with Crippen LogP contribution in [-0.4, -0.2) is 73.1 Å². The molecule has 0 aliphatic carbocycles. The number of fused-ring (bicyclic) bond motifs is 2. The average Bonchev–Trinajstić information content (AvgIpc) is 3.75. The zero-order chi connectivity index (χ0) is 28.7. The van der Waals surface area contributed by atoms with Gasteiger partial charge < -0.3 is 25.4 Å². The lowest BCUT2D eigenvalue weighted by molar-refractivity contribution is -0.147. The van der Waals surface area contributed by atoms with Crippen molar-refractivity contribution in [2.24, 2.45) is 17.8 Å². The van der Waals surface area contributed by atoms with Gasteiger partial charge in [0.1, 0.15) is 23.8 Å². The fourth-order valence-electron chi connectivity index (χ4n) is 7.05. The number of ether oxygens (including phenoxy) is 1. The summed E-state index contributed by atoms with van der Waals surface area (Å²) in [6, 6.07) is 15.5. The SMILES string of the molecule is CC[C@H](C)[C@H](CO)N1C(=O)[C@@H]2[C@@H](C(=O)NCc3ccccc3)[C@H]3CCC2(O3)C1C(=O)NCn1nnc2ccccc21.